The lowest BCUT2D eigenvalue weighted by Crippen LogP contribution is -2.46. The smallest absolute Gasteiger partial charge is 0.449 e. The molecule has 8 heteroatoms. The van der Waals surface area contributed by atoms with Crippen molar-refractivity contribution in [1.82, 2.24) is 0 Å². The van der Waals surface area contributed by atoms with Crippen LogP contribution in [0.15, 0.2) is 30.3 Å². The molecular weight excluding hydrogens is 445 g/mol. The Morgan fingerprint density at radius 3 is 2.27 bits per heavy atom. The maximum Gasteiger partial charge on any atom is 0.512 e. The van der Waals surface area contributed by atoms with Gasteiger partial charge >= 0.3 is 6.16 Å². The number of hydrogen-bond donors (Lipinski definition) is 2. The molecule has 1 aromatic heterocycles. The fraction of sp³-hybridized carbons (Fsp3) is 0.520. The second-order valence-electron chi connectivity index (χ2n) is 9.29. The van der Waals surface area contributed by atoms with E-state index in [0.29, 0.717) is 42.2 Å². The Bertz CT molecular complexity index is 975. The number of hydrogen-bond acceptors (Lipinski definition) is 5. The van der Waals surface area contributed by atoms with Gasteiger partial charge in [0.2, 0.25) is 11.0 Å². The van der Waals surface area contributed by atoms with Gasteiger partial charge in [-0.15, -0.1) is 0 Å². The maximum atomic E-state index is 13.8. The molecule has 2 N–H and O–H groups in total. The lowest BCUT2D eigenvalue weighted by molar-refractivity contribution is -0.124. The van der Waals surface area contributed by atoms with Crippen LogP contribution in [0.25, 0.3) is 10.4 Å². The van der Waals surface area contributed by atoms with Crippen LogP contribution in [-0.2, 0) is 4.79 Å². The summed E-state index contributed by atoms with van der Waals surface area (Å²) >= 11 is 1.14. The van der Waals surface area contributed by atoms with Crippen molar-refractivity contribution in [3.63, 3.8) is 0 Å². The molecular formula is C25H30FNO5S. The number of ether oxygens (including phenoxy) is 1. The summed E-state index contributed by atoms with van der Waals surface area (Å²) < 4.78 is 18.6. The Labute approximate surface area is 197 Å². The molecule has 2 saturated carbocycles. The number of rotatable bonds is 5. The van der Waals surface area contributed by atoms with E-state index in [1.165, 1.54) is 12.1 Å². The van der Waals surface area contributed by atoms with Crippen molar-refractivity contribution in [2.24, 2.45) is 11.8 Å². The number of aliphatic hydroxyl groups excluding tert-OH is 1. The molecule has 0 aliphatic heterocycles. The van der Waals surface area contributed by atoms with Crippen molar-refractivity contribution in [1.29, 1.82) is 0 Å². The lowest BCUT2D eigenvalue weighted by Gasteiger charge is -2.38. The molecule has 4 rings (SSSR count). The van der Waals surface area contributed by atoms with E-state index in [1.54, 1.807) is 23.1 Å². The van der Waals surface area contributed by atoms with Gasteiger partial charge in [-0.05, 0) is 81.0 Å². The highest BCUT2D eigenvalue weighted by Gasteiger charge is 2.37. The zero-order chi connectivity index (χ0) is 23.5. The number of thiophene rings is 1. The van der Waals surface area contributed by atoms with Crippen molar-refractivity contribution < 1.29 is 28.9 Å². The average Bonchev–Trinajstić information content (AvgIpc) is 3.18. The molecule has 0 unspecified atom stereocenters. The SMILES string of the molecule is CC1CCC(C(=O)N(c2cc(-c3ccc(F)cc3)sc2OC(=O)O)C2CCC(O)CC2)CC1. The summed E-state index contributed by atoms with van der Waals surface area (Å²) in [6.07, 6.45) is 4.29. The van der Waals surface area contributed by atoms with Crippen LogP contribution in [0.1, 0.15) is 58.3 Å². The number of anilines is 1. The molecule has 2 aliphatic rings. The second-order valence-corrected chi connectivity index (χ2v) is 10.3. The van der Waals surface area contributed by atoms with Crippen LogP contribution in [0, 0.1) is 17.7 Å². The molecule has 0 radical (unpaired) electrons. The molecule has 33 heavy (non-hydrogen) atoms. The molecule has 1 amide bonds. The molecule has 6 nitrogen and oxygen atoms in total. The van der Waals surface area contributed by atoms with E-state index in [9.17, 15) is 24.2 Å². The maximum absolute atomic E-state index is 13.8. The Kier molecular flexibility index (Phi) is 7.34. The zero-order valence-electron chi connectivity index (χ0n) is 18.7. The number of benzene rings is 1. The number of halogens is 1. The van der Waals surface area contributed by atoms with Crippen molar-refractivity contribution in [2.75, 3.05) is 4.90 Å². The number of nitrogens with zero attached hydrogens (tertiary/aromatic N) is 1. The van der Waals surface area contributed by atoms with Crippen molar-refractivity contribution in [3.8, 4) is 15.5 Å². The standard InChI is InChI=1S/C25H30FNO5S/c1-15-2-4-17(5-3-15)23(29)27(19-10-12-20(28)13-11-19)21-14-22(33-24(21)32-25(30)31)16-6-8-18(26)9-7-16/h6-9,14-15,17,19-20,28H,2-5,10-13H2,1H3,(H,30,31). The van der Waals surface area contributed by atoms with Gasteiger partial charge in [-0.1, -0.05) is 30.4 Å². The first-order chi connectivity index (χ1) is 15.8. The van der Waals surface area contributed by atoms with E-state index >= 15 is 0 Å². The predicted octanol–water partition coefficient (Wildman–Crippen LogP) is 6.07. The van der Waals surface area contributed by atoms with E-state index in [1.807, 2.05) is 0 Å². The topological polar surface area (TPSA) is 87.1 Å². The van der Waals surface area contributed by atoms with Crippen LogP contribution >= 0.6 is 11.3 Å². The van der Waals surface area contributed by atoms with Gasteiger partial charge < -0.3 is 19.8 Å². The van der Waals surface area contributed by atoms with Crippen molar-refractivity contribution in [3.05, 3.63) is 36.1 Å². The summed E-state index contributed by atoms with van der Waals surface area (Å²) in [5.74, 6) is 0.132. The summed E-state index contributed by atoms with van der Waals surface area (Å²) in [5, 5.41) is 19.5. The molecule has 1 heterocycles. The molecule has 0 saturated heterocycles. The van der Waals surface area contributed by atoms with Crippen LogP contribution in [0.4, 0.5) is 14.9 Å². The summed E-state index contributed by atoms with van der Waals surface area (Å²) in [5.41, 5.74) is 1.17. The van der Waals surface area contributed by atoms with Gasteiger partial charge in [0, 0.05) is 16.8 Å². The van der Waals surface area contributed by atoms with E-state index in [-0.39, 0.29) is 34.9 Å². The second kappa shape index (κ2) is 10.2. The number of carbonyl (C=O) groups is 2. The van der Waals surface area contributed by atoms with Gasteiger partial charge in [-0.2, -0.15) is 0 Å². The molecule has 0 atom stereocenters. The minimum absolute atomic E-state index is 0.00184. The first-order valence-electron chi connectivity index (χ1n) is 11.6. The van der Waals surface area contributed by atoms with Gasteiger partial charge in [-0.3, -0.25) is 4.79 Å². The molecule has 2 aliphatic carbocycles. The average molecular weight is 476 g/mol. The lowest BCUT2D eigenvalue weighted by atomic mass is 9.81. The highest BCUT2D eigenvalue weighted by molar-refractivity contribution is 7.18. The predicted molar refractivity (Wildman–Crippen MR) is 125 cm³/mol. The summed E-state index contributed by atoms with van der Waals surface area (Å²) in [7, 11) is 0. The molecule has 2 aromatic rings. The summed E-state index contributed by atoms with van der Waals surface area (Å²) in [6, 6.07) is 7.60. The fourth-order valence-corrected chi connectivity index (χ4v) is 5.96. The van der Waals surface area contributed by atoms with Gasteiger partial charge in [0.25, 0.3) is 0 Å². The minimum Gasteiger partial charge on any atom is -0.449 e. The van der Waals surface area contributed by atoms with E-state index < -0.39 is 6.16 Å². The van der Waals surface area contributed by atoms with Crippen LogP contribution in [0.3, 0.4) is 0 Å². The molecule has 178 valence electrons. The van der Waals surface area contributed by atoms with Crippen molar-refractivity contribution >= 4 is 29.1 Å². The Morgan fingerprint density at radius 1 is 1.03 bits per heavy atom. The van der Waals surface area contributed by atoms with Crippen LogP contribution in [-0.4, -0.2) is 34.4 Å². The Morgan fingerprint density at radius 2 is 1.67 bits per heavy atom. The van der Waals surface area contributed by atoms with E-state index in [2.05, 4.69) is 6.92 Å². The molecule has 0 spiro atoms. The largest absolute Gasteiger partial charge is 0.512 e. The summed E-state index contributed by atoms with van der Waals surface area (Å²) in [6.45, 7) is 2.20. The number of carboxylic acid groups (broad SMARTS) is 1. The van der Waals surface area contributed by atoms with Crippen molar-refractivity contribution in [2.45, 2.75) is 70.4 Å². The van der Waals surface area contributed by atoms with Gasteiger partial charge in [-0.25, -0.2) is 9.18 Å². The Balaban J connectivity index is 1.73. The van der Waals surface area contributed by atoms with Gasteiger partial charge in [0.1, 0.15) is 5.82 Å². The molecule has 2 fully saturated rings. The van der Waals surface area contributed by atoms with Crippen LogP contribution in [0.2, 0.25) is 0 Å². The third-order valence-electron chi connectivity index (χ3n) is 6.88. The fourth-order valence-electron chi connectivity index (χ4n) is 4.96. The molecule has 1 aromatic carbocycles. The van der Waals surface area contributed by atoms with Crippen LogP contribution in [0.5, 0.6) is 5.06 Å². The first-order valence-corrected chi connectivity index (χ1v) is 12.4. The number of aliphatic hydroxyl groups is 1. The van der Waals surface area contributed by atoms with E-state index in [0.717, 1.165) is 42.6 Å². The monoisotopic (exact) mass is 475 g/mol. The van der Waals surface area contributed by atoms with Gasteiger partial charge in [0.05, 0.1) is 11.8 Å². The quantitative estimate of drug-likeness (QED) is 0.512. The highest BCUT2D eigenvalue weighted by atomic mass is 32.1. The highest BCUT2D eigenvalue weighted by Crippen LogP contribution is 2.46. The Hall–Kier alpha value is -2.45. The third kappa shape index (κ3) is 5.55. The number of amides is 1. The van der Waals surface area contributed by atoms with Gasteiger partial charge in [0.15, 0.2) is 0 Å². The first kappa shape index (κ1) is 23.7. The van der Waals surface area contributed by atoms with Crippen LogP contribution < -0.4 is 9.64 Å². The molecule has 0 bridgehead atoms. The summed E-state index contributed by atoms with van der Waals surface area (Å²) in [4.78, 5) is 27.7. The third-order valence-corrected chi connectivity index (χ3v) is 7.93. The minimum atomic E-state index is -1.44. The van der Waals surface area contributed by atoms with E-state index in [4.69, 9.17) is 4.74 Å². The number of carbonyl (C=O) groups excluding carboxylic acids is 1. The normalized spacial score (nSPS) is 25.4. The zero-order valence-corrected chi connectivity index (χ0v) is 19.5.